The third-order valence-corrected chi connectivity index (χ3v) is 5.21. The average Bonchev–Trinajstić information content (AvgIpc) is 3.15. The summed E-state index contributed by atoms with van der Waals surface area (Å²) in [6.45, 7) is 4.70. The minimum Gasteiger partial charge on any atom is -0.379 e. The van der Waals surface area contributed by atoms with Crippen molar-refractivity contribution in [2.45, 2.75) is 13.1 Å². The maximum Gasteiger partial charge on any atom is 0.278 e. The molecule has 1 aliphatic rings. The number of H-pyrrole nitrogens is 1. The second kappa shape index (κ2) is 8.48. The van der Waals surface area contributed by atoms with E-state index in [0.29, 0.717) is 23.3 Å². The van der Waals surface area contributed by atoms with Gasteiger partial charge in [-0.25, -0.2) is 4.98 Å². The van der Waals surface area contributed by atoms with Crippen LogP contribution in [0.15, 0.2) is 29.3 Å². The van der Waals surface area contributed by atoms with Gasteiger partial charge in [0.05, 0.1) is 32.3 Å². The van der Waals surface area contributed by atoms with Crippen molar-refractivity contribution < 1.29 is 7.48 Å². The van der Waals surface area contributed by atoms with Crippen LogP contribution in [0.4, 0.5) is 5.95 Å². The highest BCUT2D eigenvalue weighted by atomic mass is 35.5. The topological polar surface area (TPSA) is 88.1 Å². The first-order valence-corrected chi connectivity index (χ1v) is 9.63. The molecule has 3 aromatic rings. The number of nitrogens with zero attached hydrogens (tertiary/aromatic N) is 4. The van der Waals surface area contributed by atoms with E-state index in [1.807, 2.05) is 0 Å². The number of aromatic amines is 1. The van der Waals surface area contributed by atoms with Crippen molar-refractivity contribution in [2.24, 2.45) is 0 Å². The van der Waals surface area contributed by atoms with Crippen molar-refractivity contribution in [3.63, 3.8) is 0 Å². The Morgan fingerprint density at radius 2 is 2.11 bits per heavy atom. The number of fused-ring (bicyclic) bond motifs is 1. The highest BCUT2D eigenvalue weighted by molar-refractivity contribution is 6.42. The summed E-state index contributed by atoms with van der Waals surface area (Å²) in [4.78, 5) is 26.2. The quantitative estimate of drug-likeness (QED) is 0.631. The van der Waals surface area contributed by atoms with E-state index in [2.05, 4.69) is 25.2 Å². The summed E-state index contributed by atoms with van der Waals surface area (Å²) in [7, 11) is 0. The van der Waals surface area contributed by atoms with E-state index in [4.69, 9.17) is 30.7 Å². The van der Waals surface area contributed by atoms with Crippen LogP contribution < -0.4 is 10.9 Å². The van der Waals surface area contributed by atoms with Gasteiger partial charge in [0.2, 0.25) is 5.95 Å². The van der Waals surface area contributed by atoms with E-state index in [0.717, 1.165) is 32.8 Å². The molecule has 3 heterocycles. The molecule has 10 heteroatoms. The number of anilines is 1. The van der Waals surface area contributed by atoms with Crippen molar-refractivity contribution in [1.82, 2.24) is 24.4 Å². The van der Waals surface area contributed by atoms with Gasteiger partial charge in [-0.3, -0.25) is 14.7 Å². The molecule has 0 amide bonds. The molecular formula is C18H20Cl2N6O2. The van der Waals surface area contributed by atoms with Crippen molar-refractivity contribution in [2.75, 3.05) is 38.2 Å². The maximum absolute atomic E-state index is 12.6. The average molecular weight is 425 g/mol. The van der Waals surface area contributed by atoms with Crippen LogP contribution in [0.25, 0.3) is 11.2 Å². The lowest BCUT2D eigenvalue weighted by Gasteiger charge is -2.26. The maximum atomic E-state index is 12.6. The number of aromatic nitrogens is 4. The van der Waals surface area contributed by atoms with E-state index in [1.165, 1.54) is 6.07 Å². The summed E-state index contributed by atoms with van der Waals surface area (Å²) in [5, 5.41) is 3.18. The Morgan fingerprint density at radius 3 is 2.93 bits per heavy atom. The Hall–Kier alpha value is -2.13. The summed E-state index contributed by atoms with van der Waals surface area (Å²) in [6, 6.07) is 1.43. The Bertz CT molecular complexity index is 1130. The molecule has 1 aromatic carbocycles. The number of halogens is 2. The van der Waals surface area contributed by atoms with Gasteiger partial charge in [0.15, 0.2) is 11.2 Å². The monoisotopic (exact) mass is 424 g/mol. The number of benzene rings is 1. The van der Waals surface area contributed by atoms with Gasteiger partial charge in [0.25, 0.3) is 5.56 Å². The van der Waals surface area contributed by atoms with Crippen molar-refractivity contribution in [3.8, 4) is 0 Å². The van der Waals surface area contributed by atoms with E-state index in [9.17, 15) is 4.79 Å². The second-order valence-corrected chi connectivity index (χ2v) is 7.17. The van der Waals surface area contributed by atoms with Gasteiger partial charge in [-0.1, -0.05) is 29.2 Å². The molecule has 0 radical (unpaired) electrons. The van der Waals surface area contributed by atoms with Crippen LogP contribution in [0.2, 0.25) is 10.0 Å². The summed E-state index contributed by atoms with van der Waals surface area (Å²) >= 11 is 11.9. The fourth-order valence-electron chi connectivity index (χ4n) is 3.02. The molecule has 0 saturated carbocycles. The smallest absolute Gasteiger partial charge is 0.278 e. The molecule has 8 nitrogen and oxygen atoms in total. The van der Waals surface area contributed by atoms with Gasteiger partial charge in [-0.15, -0.1) is 0 Å². The highest BCUT2D eigenvalue weighted by Gasteiger charge is 2.14. The minimum absolute atomic E-state index is 0.0301. The SMILES string of the molecule is [2H]c1cc(Cl)c(Cl)c([2H])c1CNc1nc2ncn(CCN3CCOCC3)c2c(=O)[nH]1. The summed E-state index contributed by atoms with van der Waals surface area (Å²) in [5.41, 5.74) is 0.775. The largest absolute Gasteiger partial charge is 0.379 e. The van der Waals surface area contributed by atoms with Gasteiger partial charge in [-0.05, 0) is 17.7 Å². The summed E-state index contributed by atoms with van der Waals surface area (Å²) in [5.74, 6) is 0.204. The first kappa shape index (κ1) is 16.8. The Balaban J connectivity index is 1.50. The molecular weight excluding hydrogens is 403 g/mol. The lowest BCUT2D eigenvalue weighted by Crippen LogP contribution is -2.38. The standard InChI is InChI=1S/C18H20Cl2N6O2/c19-13-2-1-12(9-14(13)20)10-21-18-23-16-15(17(27)24-18)26(11-22-16)4-3-25-5-7-28-8-6-25/h1-2,9,11H,3-8,10H2,(H2,21,23,24,27)/i1D,9D. The van der Waals surface area contributed by atoms with Crippen LogP contribution in [0, 0.1) is 0 Å². The molecule has 28 heavy (non-hydrogen) atoms. The number of rotatable bonds is 6. The summed E-state index contributed by atoms with van der Waals surface area (Å²) < 4.78 is 23.2. The fourth-order valence-corrected chi connectivity index (χ4v) is 3.29. The van der Waals surface area contributed by atoms with Crippen LogP contribution in [0.1, 0.15) is 8.30 Å². The van der Waals surface area contributed by atoms with Gasteiger partial charge in [0.1, 0.15) is 0 Å². The first-order chi connectivity index (χ1) is 14.4. The highest BCUT2D eigenvalue weighted by Crippen LogP contribution is 2.22. The third-order valence-electron chi connectivity index (χ3n) is 4.52. The molecule has 0 atom stereocenters. The van der Waals surface area contributed by atoms with Crippen LogP contribution in [0.5, 0.6) is 0 Å². The van der Waals surface area contributed by atoms with Crippen LogP contribution >= 0.6 is 23.2 Å². The molecule has 1 saturated heterocycles. The van der Waals surface area contributed by atoms with Crippen LogP contribution in [-0.4, -0.2) is 57.3 Å². The third kappa shape index (κ3) is 4.30. The van der Waals surface area contributed by atoms with Gasteiger partial charge < -0.3 is 14.6 Å². The van der Waals surface area contributed by atoms with Gasteiger partial charge in [0, 0.05) is 32.7 Å². The fraction of sp³-hybridized carbons (Fsp3) is 0.389. The van der Waals surface area contributed by atoms with E-state index >= 15 is 0 Å². The van der Waals surface area contributed by atoms with Gasteiger partial charge in [-0.2, -0.15) is 4.98 Å². The first-order valence-electron chi connectivity index (χ1n) is 9.87. The number of hydrogen-bond acceptors (Lipinski definition) is 6. The van der Waals surface area contributed by atoms with Crippen LogP contribution in [0.3, 0.4) is 0 Å². The molecule has 0 spiro atoms. The number of hydrogen-bond donors (Lipinski definition) is 2. The lowest BCUT2D eigenvalue weighted by atomic mass is 10.2. The van der Waals surface area contributed by atoms with E-state index < -0.39 is 0 Å². The van der Waals surface area contributed by atoms with Crippen LogP contribution in [-0.2, 0) is 17.8 Å². The van der Waals surface area contributed by atoms with Crippen molar-refractivity contribution >= 4 is 40.3 Å². The molecule has 2 N–H and O–H groups in total. The number of nitrogens with one attached hydrogen (secondary N) is 2. The number of ether oxygens (including phenoxy) is 1. The molecule has 1 fully saturated rings. The van der Waals surface area contributed by atoms with Gasteiger partial charge >= 0.3 is 0 Å². The second-order valence-electron chi connectivity index (χ2n) is 6.39. The van der Waals surface area contributed by atoms with E-state index in [-0.39, 0.29) is 40.2 Å². The summed E-state index contributed by atoms with van der Waals surface area (Å²) in [6.07, 6.45) is 1.61. The molecule has 0 unspecified atom stereocenters. The predicted molar refractivity (Wildman–Crippen MR) is 109 cm³/mol. The number of morpholine rings is 1. The minimum atomic E-state index is -0.312. The zero-order chi connectivity index (χ0) is 21.3. The zero-order valence-electron chi connectivity index (χ0n) is 17.0. The van der Waals surface area contributed by atoms with E-state index in [1.54, 1.807) is 10.9 Å². The number of imidazole rings is 1. The Labute approximate surface area is 174 Å². The molecule has 4 rings (SSSR count). The normalized spacial score (nSPS) is 16.2. The molecule has 0 bridgehead atoms. The molecule has 148 valence electrons. The molecule has 0 aliphatic carbocycles. The molecule has 1 aliphatic heterocycles. The zero-order valence-corrected chi connectivity index (χ0v) is 16.5. The lowest BCUT2D eigenvalue weighted by molar-refractivity contribution is 0.0365. The predicted octanol–water partition coefficient (Wildman–Crippen LogP) is 2.37. The Kier molecular flexibility index (Phi) is 5.09. The molecule has 2 aromatic heterocycles. The Morgan fingerprint density at radius 1 is 1.29 bits per heavy atom. The van der Waals surface area contributed by atoms with Crippen molar-refractivity contribution in [3.05, 3.63) is 50.4 Å². The van der Waals surface area contributed by atoms with Crippen molar-refractivity contribution in [1.29, 1.82) is 0 Å².